The van der Waals surface area contributed by atoms with Crippen LogP contribution in [0.25, 0.3) is 0 Å². The topological polar surface area (TPSA) is 32.3 Å². The first-order valence-electron chi connectivity index (χ1n) is 5.10. The van der Waals surface area contributed by atoms with Crippen molar-refractivity contribution in [3.05, 3.63) is 26.6 Å². The van der Waals surface area contributed by atoms with Crippen LogP contribution in [0.4, 0.5) is 0 Å². The second-order valence-corrected chi connectivity index (χ2v) is 5.54. The maximum Gasteiger partial charge on any atom is 0.143 e. The summed E-state index contributed by atoms with van der Waals surface area (Å²) in [5.41, 5.74) is 1.23. The summed E-state index contributed by atoms with van der Waals surface area (Å²) in [6.45, 7) is 1.08. The molecule has 5 heteroatoms. The van der Waals surface area contributed by atoms with E-state index in [0.717, 1.165) is 15.5 Å². The maximum atomic E-state index is 9.61. The Kier molecular flexibility index (Phi) is 5.57. The first kappa shape index (κ1) is 14.3. The Labute approximate surface area is 118 Å². The van der Waals surface area contributed by atoms with E-state index in [-0.39, 0.29) is 18.2 Å². The van der Waals surface area contributed by atoms with Crippen molar-refractivity contribution < 1.29 is 5.11 Å². The Morgan fingerprint density at radius 3 is 2.31 bits per heavy atom. The molecule has 16 heavy (non-hydrogen) atoms. The molecule has 90 valence electrons. The van der Waals surface area contributed by atoms with Gasteiger partial charge in [-0.1, -0.05) is 6.42 Å². The zero-order chi connectivity index (χ0) is 10.8. The summed E-state index contributed by atoms with van der Waals surface area (Å²) in [4.78, 5) is 0. The van der Waals surface area contributed by atoms with Crippen LogP contribution in [0.5, 0.6) is 5.75 Å². The van der Waals surface area contributed by atoms with E-state index >= 15 is 0 Å². The van der Waals surface area contributed by atoms with E-state index < -0.39 is 0 Å². The second kappa shape index (κ2) is 6.24. The number of piperidine rings is 1. The Balaban J connectivity index is 0.00000128. The molecule has 0 aliphatic carbocycles. The van der Waals surface area contributed by atoms with Gasteiger partial charge in [-0.05, 0) is 68.9 Å². The van der Waals surface area contributed by atoms with Crippen molar-refractivity contribution in [2.75, 3.05) is 6.54 Å². The normalized spacial score (nSPS) is 20.2. The number of aromatic hydroxyl groups is 1. The molecule has 1 fully saturated rings. The molecule has 2 N–H and O–H groups in total. The highest BCUT2D eigenvalue weighted by atomic mass is 79.9. The SMILES string of the molecule is Cl.Oc1c(Br)cc([C@H]2CCCCN2)cc1Br. The minimum Gasteiger partial charge on any atom is -0.506 e. The number of hydrogen-bond donors (Lipinski definition) is 2. The number of rotatable bonds is 1. The summed E-state index contributed by atoms with van der Waals surface area (Å²) in [5.74, 6) is 0.273. The maximum absolute atomic E-state index is 9.61. The summed E-state index contributed by atoms with van der Waals surface area (Å²) in [6.07, 6.45) is 3.70. The van der Waals surface area contributed by atoms with Crippen molar-refractivity contribution in [1.82, 2.24) is 5.32 Å². The van der Waals surface area contributed by atoms with Crippen LogP contribution in [0, 0.1) is 0 Å². The summed E-state index contributed by atoms with van der Waals surface area (Å²) in [6, 6.07) is 4.40. The molecule has 1 aliphatic rings. The van der Waals surface area contributed by atoms with E-state index in [1.807, 2.05) is 12.1 Å². The standard InChI is InChI=1S/C11H13Br2NO.ClH/c12-8-5-7(6-9(13)11(8)15)10-3-1-2-4-14-10;/h5-6,10,14-15H,1-4H2;1H/t10-;/m1./s1. The molecule has 0 saturated carbocycles. The number of hydrogen-bond acceptors (Lipinski definition) is 2. The van der Waals surface area contributed by atoms with Crippen LogP contribution in [0.1, 0.15) is 30.9 Å². The number of phenolic OH excluding ortho intramolecular Hbond substituents is 1. The van der Waals surface area contributed by atoms with E-state index in [0.29, 0.717) is 6.04 Å². The van der Waals surface area contributed by atoms with E-state index in [9.17, 15) is 5.11 Å². The fraction of sp³-hybridized carbons (Fsp3) is 0.455. The summed E-state index contributed by atoms with van der Waals surface area (Å²) >= 11 is 6.71. The predicted molar refractivity (Wildman–Crippen MR) is 75.3 cm³/mol. The van der Waals surface area contributed by atoms with E-state index in [4.69, 9.17) is 0 Å². The van der Waals surface area contributed by atoms with E-state index in [1.165, 1.54) is 24.8 Å². The molecular formula is C11H14Br2ClNO. The lowest BCUT2D eigenvalue weighted by Crippen LogP contribution is -2.26. The average Bonchev–Trinajstić information content (AvgIpc) is 2.26. The fourth-order valence-electron chi connectivity index (χ4n) is 1.92. The quantitative estimate of drug-likeness (QED) is 0.777. The molecule has 1 atom stereocenters. The van der Waals surface area contributed by atoms with Crippen LogP contribution >= 0.6 is 44.3 Å². The molecule has 0 radical (unpaired) electrons. The molecule has 0 spiro atoms. The minimum atomic E-state index is 0. The third-order valence-electron chi connectivity index (χ3n) is 2.75. The van der Waals surface area contributed by atoms with Crippen molar-refractivity contribution in [3.8, 4) is 5.75 Å². The van der Waals surface area contributed by atoms with E-state index in [2.05, 4.69) is 37.2 Å². The van der Waals surface area contributed by atoms with Crippen LogP contribution in [0.15, 0.2) is 21.1 Å². The van der Waals surface area contributed by atoms with Crippen LogP contribution in [0.3, 0.4) is 0 Å². The average molecular weight is 371 g/mol. The summed E-state index contributed by atoms with van der Waals surface area (Å²) in [7, 11) is 0. The zero-order valence-corrected chi connectivity index (χ0v) is 12.7. The van der Waals surface area contributed by atoms with Crippen LogP contribution in [-0.2, 0) is 0 Å². The van der Waals surface area contributed by atoms with Crippen molar-refractivity contribution in [1.29, 1.82) is 0 Å². The van der Waals surface area contributed by atoms with Gasteiger partial charge in [-0.2, -0.15) is 0 Å². The third-order valence-corrected chi connectivity index (χ3v) is 3.96. The van der Waals surface area contributed by atoms with Gasteiger partial charge in [0.15, 0.2) is 0 Å². The van der Waals surface area contributed by atoms with Gasteiger partial charge in [0.05, 0.1) is 8.95 Å². The highest BCUT2D eigenvalue weighted by Crippen LogP contribution is 2.36. The van der Waals surface area contributed by atoms with Gasteiger partial charge in [0, 0.05) is 6.04 Å². The molecule has 0 bridgehead atoms. The number of phenols is 1. The first-order valence-corrected chi connectivity index (χ1v) is 6.68. The number of nitrogens with one attached hydrogen (secondary N) is 1. The Bertz CT molecular complexity index is 344. The summed E-state index contributed by atoms with van der Waals surface area (Å²) < 4.78 is 1.50. The Hall–Kier alpha value is 0.230. The van der Waals surface area contributed by atoms with Crippen LogP contribution in [0.2, 0.25) is 0 Å². The Morgan fingerprint density at radius 1 is 1.19 bits per heavy atom. The lowest BCUT2D eigenvalue weighted by molar-refractivity contribution is 0.411. The van der Waals surface area contributed by atoms with Crippen molar-refractivity contribution in [2.24, 2.45) is 0 Å². The minimum absolute atomic E-state index is 0. The van der Waals surface area contributed by atoms with Gasteiger partial charge in [-0.25, -0.2) is 0 Å². The molecule has 1 aromatic carbocycles. The first-order chi connectivity index (χ1) is 7.18. The molecule has 2 nitrogen and oxygen atoms in total. The lowest BCUT2D eigenvalue weighted by Gasteiger charge is -2.24. The Morgan fingerprint density at radius 2 is 1.81 bits per heavy atom. The third kappa shape index (κ3) is 3.13. The van der Waals surface area contributed by atoms with Crippen LogP contribution in [-0.4, -0.2) is 11.7 Å². The van der Waals surface area contributed by atoms with Gasteiger partial charge in [-0.3, -0.25) is 0 Å². The van der Waals surface area contributed by atoms with Gasteiger partial charge in [0.2, 0.25) is 0 Å². The van der Waals surface area contributed by atoms with Gasteiger partial charge < -0.3 is 10.4 Å². The van der Waals surface area contributed by atoms with Crippen molar-refractivity contribution >= 4 is 44.3 Å². The molecule has 1 aromatic rings. The summed E-state index contributed by atoms with van der Waals surface area (Å²) in [5, 5.41) is 13.1. The molecular weight excluding hydrogens is 357 g/mol. The lowest BCUT2D eigenvalue weighted by atomic mass is 9.97. The van der Waals surface area contributed by atoms with Crippen molar-refractivity contribution in [2.45, 2.75) is 25.3 Å². The van der Waals surface area contributed by atoms with Crippen molar-refractivity contribution in [3.63, 3.8) is 0 Å². The van der Waals surface area contributed by atoms with Gasteiger partial charge >= 0.3 is 0 Å². The second-order valence-electron chi connectivity index (χ2n) is 3.84. The van der Waals surface area contributed by atoms with Gasteiger partial charge in [0.25, 0.3) is 0 Å². The van der Waals surface area contributed by atoms with Gasteiger partial charge in [-0.15, -0.1) is 12.4 Å². The van der Waals surface area contributed by atoms with Crippen LogP contribution < -0.4 is 5.32 Å². The smallest absolute Gasteiger partial charge is 0.143 e. The molecule has 0 unspecified atom stereocenters. The fourth-order valence-corrected chi connectivity index (χ4v) is 3.14. The molecule has 1 saturated heterocycles. The van der Waals surface area contributed by atoms with Gasteiger partial charge in [0.1, 0.15) is 5.75 Å². The molecule has 1 aliphatic heterocycles. The zero-order valence-electron chi connectivity index (χ0n) is 8.67. The number of halogens is 3. The largest absolute Gasteiger partial charge is 0.506 e. The molecule has 2 rings (SSSR count). The number of benzene rings is 1. The predicted octanol–water partition coefficient (Wildman–Crippen LogP) is 4.15. The highest BCUT2D eigenvalue weighted by Gasteiger charge is 2.16. The monoisotopic (exact) mass is 369 g/mol. The highest BCUT2D eigenvalue weighted by molar-refractivity contribution is 9.11. The molecule has 0 amide bonds. The van der Waals surface area contributed by atoms with E-state index in [1.54, 1.807) is 0 Å². The molecule has 1 heterocycles. The molecule has 0 aromatic heterocycles.